The van der Waals surface area contributed by atoms with Gasteiger partial charge in [-0.05, 0) is 37.3 Å². The number of amides is 1. The predicted molar refractivity (Wildman–Crippen MR) is 125 cm³/mol. The summed E-state index contributed by atoms with van der Waals surface area (Å²) in [6.45, 7) is 1.03. The molecular formula is C25H21F5N4O4. The number of carbonyl (C=O) groups excluding carboxylic acids is 1. The van der Waals surface area contributed by atoms with Gasteiger partial charge in [-0.15, -0.1) is 0 Å². The lowest BCUT2D eigenvalue weighted by Gasteiger charge is -2.13. The van der Waals surface area contributed by atoms with Gasteiger partial charge in [0.15, 0.2) is 11.5 Å². The molecule has 2 atom stereocenters. The summed E-state index contributed by atoms with van der Waals surface area (Å²) in [4.78, 5) is 20.9. The minimum absolute atomic E-state index is 0.00228. The number of aliphatic hydroxyl groups excluding tert-OH is 1. The Morgan fingerprint density at radius 3 is 2.53 bits per heavy atom. The first-order valence-corrected chi connectivity index (χ1v) is 11.1. The number of fused-ring (bicyclic) bond motifs is 1. The third-order valence-electron chi connectivity index (χ3n) is 5.71. The second kappa shape index (κ2) is 10.3. The van der Waals surface area contributed by atoms with Crippen molar-refractivity contribution in [2.24, 2.45) is 5.73 Å². The Morgan fingerprint density at radius 1 is 1.16 bits per heavy atom. The molecule has 0 fully saturated rings. The van der Waals surface area contributed by atoms with Crippen molar-refractivity contribution < 1.29 is 41.0 Å². The number of aromatic nitrogens is 2. The molecule has 4 aromatic rings. The van der Waals surface area contributed by atoms with E-state index in [1.165, 1.54) is 32.2 Å². The lowest BCUT2D eigenvalue weighted by molar-refractivity contribution is -0.140. The monoisotopic (exact) mass is 536 g/mol. The van der Waals surface area contributed by atoms with Crippen LogP contribution in [0, 0.1) is 11.6 Å². The van der Waals surface area contributed by atoms with Gasteiger partial charge in [0.1, 0.15) is 28.6 Å². The van der Waals surface area contributed by atoms with Crippen molar-refractivity contribution in [3.8, 4) is 17.2 Å². The number of nitrogens with two attached hydrogens (primary N) is 1. The van der Waals surface area contributed by atoms with Crippen molar-refractivity contribution in [1.82, 2.24) is 15.3 Å². The Morgan fingerprint density at radius 2 is 1.89 bits per heavy atom. The van der Waals surface area contributed by atoms with E-state index in [9.17, 15) is 31.9 Å². The highest BCUT2D eigenvalue weighted by molar-refractivity contribution is 5.98. The summed E-state index contributed by atoms with van der Waals surface area (Å²) in [7, 11) is 1.27. The van der Waals surface area contributed by atoms with Gasteiger partial charge in [-0.3, -0.25) is 4.79 Å². The van der Waals surface area contributed by atoms with Gasteiger partial charge >= 0.3 is 6.18 Å². The molecule has 4 rings (SSSR count). The first-order valence-electron chi connectivity index (χ1n) is 11.1. The molecule has 0 spiro atoms. The number of pyridine rings is 1. The number of carbonyl (C=O) groups is 1. The number of rotatable bonds is 7. The molecule has 200 valence electrons. The average molecular weight is 536 g/mol. The van der Waals surface area contributed by atoms with E-state index in [2.05, 4.69) is 15.3 Å². The van der Waals surface area contributed by atoms with Gasteiger partial charge in [-0.25, -0.2) is 18.7 Å². The molecule has 0 aliphatic carbocycles. The zero-order valence-corrected chi connectivity index (χ0v) is 19.9. The van der Waals surface area contributed by atoms with Crippen molar-refractivity contribution in [3.05, 3.63) is 76.8 Å². The van der Waals surface area contributed by atoms with E-state index < -0.39 is 41.6 Å². The van der Waals surface area contributed by atoms with Crippen molar-refractivity contribution in [2.45, 2.75) is 31.8 Å². The summed E-state index contributed by atoms with van der Waals surface area (Å²) in [6.07, 6.45) is -5.88. The molecule has 0 saturated heterocycles. The highest BCUT2D eigenvalue weighted by atomic mass is 19.4. The molecule has 8 nitrogen and oxygen atoms in total. The van der Waals surface area contributed by atoms with E-state index in [0.717, 1.165) is 18.2 Å². The summed E-state index contributed by atoms with van der Waals surface area (Å²) in [5, 5.41) is 12.6. The number of aliphatic hydroxyl groups is 1. The Labute approximate surface area is 212 Å². The molecular weight excluding hydrogens is 515 g/mol. The first-order chi connectivity index (χ1) is 17.9. The number of ether oxygens (including phenoxy) is 1. The maximum atomic E-state index is 14.0. The molecule has 0 bridgehead atoms. The number of nitrogens with one attached hydrogen (secondary N) is 1. The average Bonchev–Trinajstić information content (AvgIpc) is 3.31. The number of halogens is 5. The molecule has 2 aromatic heterocycles. The molecule has 2 aromatic carbocycles. The number of methoxy groups -OCH3 is 1. The minimum Gasteiger partial charge on any atom is -0.494 e. The number of hydrogen-bond acceptors (Lipinski definition) is 7. The van der Waals surface area contributed by atoms with Crippen LogP contribution in [0.5, 0.6) is 5.75 Å². The maximum absolute atomic E-state index is 14.0. The molecule has 2 heterocycles. The summed E-state index contributed by atoms with van der Waals surface area (Å²) in [5.41, 5.74) is 4.59. The van der Waals surface area contributed by atoms with E-state index in [0.29, 0.717) is 6.07 Å². The van der Waals surface area contributed by atoms with Gasteiger partial charge in [-0.1, -0.05) is 6.07 Å². The highest BCUT2D eigenvalue weighted by Gasteiger charge is 2.33. The van der Waals surface area contributed by atoms with Crippen LogP contribution in [0.2, 0.25) is 0 Å². The van der Waals surface area contributed by atoms with Crippen LogP contribution in [0.1, 0.15) is 40.5 Å². The van der Waals surface area contributed by atoms with Gasteiger partial charge < -0.3 is 25.3 Å². The number of oxazole rings is 1. The zero-order chi connectivity index (χ0) is 27.8. The number of hydrogen-bond donors (Lipinski definition) is 3. The number of benzene rings is 2. The molecule has 0 aliphatic heterocycles. The first kappa shape index (κ1) is 26.9. The molecule has 0 aliphatic rings. The van der Waals surface area contributed by atoms with Crippen LogP contribution >= 0.6 is 0 Å². The van der Waals surface area contributed by atoms with Crippen LogP contribution in [0.4, 0.5) is 22.0 Å². The summed E-state index contributed by atoms with van der Waals surface area (Å²) < 4.78 is 77.9. The fourth-order valence-corrected chi connectivity index (χ4v) is 3.68. The fourth-order valence-electron chi connectivity index (χ4n) is 3.68. The topological polar surface area (TPSA) is 124 Å². The van der Waals surface area contributed by atoms with Crippen LogP contribution in [0.3, 0.4) is 0 Å². The van der Waals surface area contributed by atoms with Crippen molar-refractivity contribution in [2.75, 3.05) is 7.11 Å². The molecule has 0 saturated carbocycles. The van der Waals surface area contributed by atoms with Crippen molar-refractivity contribution in [3.63, 3.8) is 0 Å². The quantitative estimate of drug-likeness (QED) is 0.297. The molecule has 0 radical (unpaired) electrons. The van der Waals surface area contributed by atoms with Gasteiger partial charge in [-0.2, -0.15) is 13.2 Å². The number of nitrogens with zero attached hydrogens (tertiary/aromatic N) is 2. The zero-order valence-electron chi connectivity index (χ0n) is 19.9. The highest BCUT2D eigenvalue weighted by Crippen LogP contribution is 2.37. The SMILES string of the molecule is COc1ccc(-c2nc(C(=O)NCc3ccc(F)cc3F)c([C@@H](N)[C@@H](C)O)o2)c2ccc(C(F)(F)F)nc12. The lowest BCUT2D eigenvalue weighted by atomic mass is 10.1. The largest absolute Gasteiger partial charge is 0.494 e. The number of alkyl halides is 3. The molecule has 1 amide bonds. The van der Waals surface area contributed by atoms with Crippen LogP contribution < -0.4 is 15.8 Å². The third-order valence-corrected chi connectivity index (χ3v) is 5.71. The smallest absolute Gasteiger partial charge is 0.433 e. The Bertz CT molecular complexity index is 1500. The van der Waals surface area contributed by atoms with Crippen molar-refractivity contribution >= 4 is 16.8 Å². The van der Waals surface area contributed by atoms with E-state index in [-0.39, 0.29) is 51.7 Å². The summed E-state index contributed by atoms with van der Waals surface area (Å²) >= 11 is 0. The van der Waals surface area contributed by atoms with Gasteiger partial charge in [0.2, 0.25) is 5.89 Å². The normalized spacial score (nSPS) is 13.4. The molecule has 13 heteroatoms. The van der Waals surface area contributed by atoms with Gasteiger partial charge in [0.25, 0.3) is 5.91 Å². The van der Waals surface area contributed by atoms with Gasteiger partial charge in [0.05, 0.1) is 19.3 Å². The van der Waals surface area contributed by atoms with Gasteiger partial charge in [0, 0.05) is 29.1 Å². The third kappa shape index (κ3) is 5.29. The van der Waals surface area contributed by atoms with Crippen LogP contribution in [-0.2, 0) is 12.7 Å². The minimum atomic E-state index is -4.70. The van der Waals surface area contributed by atoms with Crippen LogP contribution in [0.15, 0.2) is 46.9 Å². The predicted octanol–water partition coefficient (Wildman–Crippen LogP) is 4.51. The Balaban J connectivity index is 1.78. The van der Waals surface area contributed by atoms with E-state index >= 15 is 0 Å². The summed E-state index contributed by atoms with van der Waals surface area (Å²) in [6, 6.07) is 6.40. The second-order valence-corrected chi connectivity index (χ2v) is 8.32. The molecule has 38 heavy (non-hydrogen) atoms. The van der Waals surface area contributed by atoms with Crippen LogP contribution in [-0.4, -0.2) is 34.2 Å². The van der Waals surface area contributed by atoms with Crippen LogP contribution in [0.25, 0.3) is 22.4 Å². The fraction of sp³-hybridized carbons (Fsp3) is 0.240. The standard InChI is InChI=1S/C25H21F5N4O4/c1-11(35)19(31)22-21(23(36)32-10-12-3-4-13(26)9-16(12)27)34-24(38-22)15-5-7-17(37-2)20-14(15)6-8-18(33-20)25(28,29)30/h3-9,11,19,35H,10,31H2,1-2H3,(H,32,36)/t11-,19+/m1/s1. The molecule has 4 N–H and O–H groups in total. The Hall–Kier alpha value is -4.10. The van der Waals surface area contributed by atoms with E-state index in [1.807, 2.05) is 0 Å². The lowest BCUT2D eigenvalue weighted by Crippen LogP contribution is -2.29. The van der Waals surface area contributed by atoms with E-state index in [4.69, 9.17) is 14.9 Å². The molecule has 0 unspecified atom stereocenters. The van der Waals surface area contributed by atoms with E-state index in [1.54, 1.807) is 0 Å². The van der Waals surface area contributed by atoms with Crippen molar-refractivity contribution in [1.29, 1.82) is 0 Å². The maximum Gasteiger partial charge on any atom is 0.433 e. The summed E-state index contributed by atoms with van der Waals surface area (Å²) in [5.74, 6) is -2.85. The Kier molecular flexibility index (Phi) is 7.33. The second-order valence-electron chi connectivity index (χ2n) is 8.32.